The van der Waals surface area contributed by atoms with Gasteiger partial charge in [0.1, 0.15) is 0 Å². The molecule has 22 heavy (non-hydrogen) atoms. The van der Waals surface area contributed by atoms with Crippen molar-refractivity contribution in [2.45, 2.75) is 110 Å². The van der Waals surface area contributed by atoms with Crippen LogP contribution in [0.4, 0.5) is 0 Å². The third-order valence-corrected chi connectivity index (χ3v) is 4.39. The van der Waals surface area contributed by atoms with Crippen LogP contribution in [0.2, 0.25) is 0 Å². The molecule has 0 amide bonds. The van der Waals surface area contributed by atoms with E-state index in [2.05, 4.69) is 12.2 Å². The molecular formula is C20H43NO. The molecule has 0 radical (unpaired) electrons. The van der Waals surface area contributed by atoms with E-state index in [1.807, 2.05) is 7.05 Å². The molecule has 0 aliphatic rings. The Hall–Kier alpha value is -0.0800. The molecule has 0 aromatic carbocycles. The lowest BCUT2D eigenvalue weighted by Crippen LogP contribution is -2.11. The molecule has 0 spiro atoms. The van der Waals surface area contributed by atoms with Crippen LogP contribution in [-0.4, -0.2) is 20.4 Å². The Morgan fingerprint density at radius 2 is 0.909 bits per heavy atom. The number of hydrogen-bond acceptors (Lipinski definition) is 2. The Morgan fingerprint density at radius 3 is 1.27 bits per heavy atom. The molecule has 0 bridgehead atoms. The second-order valence-corrected chi connectivity index (χ2v) is 6.71. The van der Waals surface area contributed by atoms with Gasteiger partial charge in [0.2, 0.25) is 0 Å². The highest BCUT2D eigenvalue weighted by molar-refractivity contribution is 4.49. The zero-order valence-electron chi connectivity index (χ0n) is 15.6. The van der Waals surface area contributed by atoms with E-state index in [9.17, 15) is 0 Å². The summed E-state index contributed by atoms with van der Waals surface area (Å²) in [4.78, 5) is 0. The van der Waals surface area contributed by atoms with Crippen LogP contribution >= 0.6 is 0 Å². The van der Waals surface area contributed by atoms with E-state index in [4.69, 9.17) is 4.74 Å². The summed E-state index contributed by atoms with van der Waals surface area (Å²) in [6.07, 6.45) is 22.8. The van der Waals surface area contributed by atoms with Crippen molar-refractivity contribution in [1.29, 1.82) is 0 Å². The zero-order valence-corrected chi connectivity index (χ0v) is 15.6. The molecule has 134 valence electrons. The van der Waals surface area contributed by atoms with Gasteiger partial charge in [-0.15, -0.1) is 0 Å². The topological polar surface area (TPSA) is 21.3 Å². The molecule has 0 unspecified atom stereocenters. The van der Waals surface area contributed by atoms with Crippen LogP contribution in [0.1, 0.15) is 110 Å². The predicted molar refractivity (Wildman–Crippen MR) is 99.4 cm³/mol. The highest BCUT2D eigenvalue weighted by Crippen LogP contribution is 2.13. The van der Waals surface area contributed by atoms with Gasteiger partial charge < -0.3 is 4.74 Å². The Kier molecular flexibility index (Phi) is 20.8. The fourth-order valence-corrected chi connectivity index (χ4v) is 2.93. The fraction of sp³-hybridized carbons (Fsp3) is 1.00. The van der Waals surface area contributed by atoms with E-state index in [0.717, 1.165) is 6.61 Å². The Bertz CT molecular complexity index is 165. The monoisotopic (exact) mass is 313 g/mol. The highest BCUT2D eigenvalue weighted by atomic mass is 16.5. The second kappa shape index (κ2) is 20.9. The molecule has 0 aliphatic carbocycles. The van der Waals surface area contributed by atoms with Crippen LogP contribution in [0.25, 0.3) is 0 Å². The van der Waals surface area contributed by atoms with E-state index in [1.54, 1.807) is 0 Å². The van der Waals surface area contributed by atoms with Crippen LogP contribution in [0.5, 0.6) is 0 Å². The third kappa shape index (κ3) is 19.9. The number of hydrogen-bond donors (Lipinski definition) is 1. The summed E-state index contributed by atoms with van der Waals surface area (Å²) in [6.45, 7) is 3.90. The summed E-state index contributed by atoms with van der Waals surface area (Å²) in [5, 5.41) is 3.00. The first kappa shape index (κ1) is 21.9. The predicted octanol–water partition coefficient (Wildman–Crippen LogP) is 6.44. The summed E-state index contributed by atoms with van der Waals surface area (Å²) in [7, 11) is 1.92. The van der Waals surface area contributed by atoms with Gasteiger partial charge in [-0.3, -0.25) is 5.32 Å². The van der Waals surface area contributed by atoms with Crippen LogP contribution in [0.3, 0.4) is 0 Å². The molecule has 1 N–H and O–H groups in total. The van der Waals surface area contributed by atoms with Crippen molar-refractivity contribution >= 4 is 0 Å². The molecule has 0 saturated carbocycles. The van der Waals surface area contributed by atoms with Crippen LogP contribution in [0, 0.1) is 0 Å². The van der Waals surface area contributed by atoms with E-state index in [0.29, 0.717) is 6.73 Å². The van der Waals surface area contributed by atoms with E-state index in [1.165, 1.54) is 103 Å². The molecule has 0 aromatic rings. The number of rotatable bonds is 19. The lowest BCUT2D eigenvalue weighted by molar-refractivity contribution is 0.118. The number of ether oxygens (including phenoxy) is 1. The fourth-order valence-electron chi connectivity index (χ4n) is 2.93. The summed E-state index contributed by atoms with van der Waals surface area (Å²) < 4.78 is 5.39. The largest absolute Gasteiger partial charge is 0.366 e. The van der Waals surface area contributed by atoms with Crippen molar-refractivity contribution in [1.82, 2.24) is 5.32 Å². The van der Waals surface area contributed by atoms with Crippen molar-refractivity contribution < 1.29 is 4.74 Å². The van der Waals surface area contributed by atoms with Crippen molar-refractivity contribution in [3.05, 3.63) is 0 Å². The van der Waals surface area contributed by atoms with Crippen LogP contribution in [-0.2, 0) is 4.74 Å². The maximum atomic E-state index is 5.39. The molecule has 0 fully saturated rings. The molecular weight excluding hydrogens is 270 g/mol. The smallest absolute Gasteiger partial charge is 0.0962 e. The molecule has 2 nitrogen and oxygen atoms in total. The summed E-state index contributed by atoms with van der Waals surface area (Å²) in [5.74, 6) is 0. The van der Waals surface area contributed by atoms with Gasteiger partial charge in [-0.2, -0.15) is 0 Å². The van der Waals surface area contributed by atoms with Gasteiger partial charge in [0.15, 0.2) is 0 Å². The minimum absolute atomic E-state index is 0.693. The average molecular weight is 314 g/mol. The Balaban J connectivity index is 2.91. The van der Waals surface area contributed by atoms with Crippen molar-refractivity contribution in [2.24, 2.45) is 0 Å². The molecule has 0 aromatic heterocycles. The van der Waals surface area contributed by atoms with E-state index < -0.39 is 0 Å². The van der Waals surface area contributed by atoms with Gasteiger partial charge in [0.25, 0.3) is 0 Å². The van der Waals surface area contributed by atoms with Crippen LogP contribution in [0.15, 0.2) is 0 Å². The van der Waals surface area contributed by atoms with Gasteiger partial charge in [0.05, 0.1) is 6.73 Å². The summed E-state index contributed by atoms with van der Waals surface area (Å²) in [5.41, 5.74) is 0. The minimum Gasteiger partial charge on any atom is -0.366 e. The molecule has 2 heteroatoms. The zero-order chi connectivity index (χ0) is 16.1. The van der Waals surface area contributed by atoms with Crippen molar-refractivity contribution in [2.75, 3.05) is 20.4 Å². The molecule has 0 rings (SSSR count). The number of nitrogens with one attached hydrogen (secondary N) is 1. The van der Waals surface area contributed by atoms with Gasteiger partial charge >= 0.3 is 0 Å². The first-order chi connectivity index (χ1) is 10.9. The second-order valence-electron chi connectivity index (χ2n) is 6.71. The lowest BCUT2D eigenvalue weighted by Gasteiger charge is -2.04. The SMILES string of the molecule is CCCCCCCCCCCCCCCCCCOCNC. The maximum Gasteiger partial charge on any atom is 0.0962 e. The first-order valence-electron chi connectivity index (χ1n) is 10.1. The molecule has 0 saturated heterocycles. The molecule has 0 atom stereocenters. The summed E-state index contributed by atoms with van der Waals surface area (Å²) in [6, 6.07) is 0. The first-order valence-corrected chi connectivity index (χ1v) is 10.1. The average Bonchev–Trinajstić information content (AvgIpc) is 2.54. The van der Waals surface area contributed by atoms with Crippen LogP contribution < -0.4 is 5.32 Å². The number of unbranched alkanes of at least 4 members (excludes halogenated alkanes) is 15. The normalized spacial score (nSPS) is 11.2. The van der Waals surface area contributed by atoms with Crippen molar-refractivity contribution in [3.8, 4) is 0 Å². The van der Waals surface area contributed by atoms with E-state index >= 15 is 0 Å². The van der Waals surface area contributed by atoms with Gasteiger partial charge in [-0.25, -0.2) is 0 Å². The minimum atomic E-state index is 0.693. The van der Waals surface area contributed by atoms with Gasteiger partial charge in [-0.1, -0.05) is 103 Å². The van der Waals surface area contributed by atoms with Gasteiger partial charge in [-0.05, 0) is 13.5 Å². The van der Waals surface area contributed by atoms with E-state index in [-0.39, 0.29) is 0 Å². The molecule has 0 heterocycles. The highest BCUT2D eigenvalue weighted by Gasteiger charge is 1.94. The summed E-state index contributed by atoms with van der Waals surface area (Å²) >= 11 is 0. The molecule has 0 aliphatic heterocycles. The quantitative estimate of drug-likeness (QED) is 0.219. The Labute approximate surface area is 140 Å². The maximum absolute atomic E-state index is 5.39. The van der Waals surface area contributed by atoms with Crippen molar-refractivity contribution in [3.63, 3.8) is 0 Å². The Morgan fingerprint density at radius 1 is 0.545 bits per heavy atom. The lowest BCUT2D eigenvalue weighted by atomic mass is 10.0. The standard InChI is InChI=1S/C20H43NO/c1-3-4-5-6-7-8-9-10-11-12-13-14-15-16-17-18-19-22-20-21-2/h21H,3-20H2,1-2H3. The third-order valence-electron chi connectivity index (χ3n) is 4.39. The van der Waals surface area contributed by atoms with Gasteiger partial charge in [0, 0.05) is 6.61 Å².